The third-order valence-corrected chi connectivity index (χ3v) is 5.46. The molecule has 0 bridgehead atoms. The molecule has 158 valence electrons. The van der Waals surface area contributed by atoms with Crippen LogP contribution in [0.5, 0.6) is 0 Å². The van der Waals surface area contributed by atoms with Gasteiger partial charge in [0.15, 0.2) is 0 Å². The highest BCUT2D eigenvalue weighted by Gasteiger charge is 2.24. The predicted molar refractivity (Wildman–Crippen MR) is 117 cm³/mol. The summed E-state index contributed by atoms with van der Waals surface area (Å²) in [7, 11) is 0. The van der Waals surface area contributed by atoms with Gasteiger partial charge in [0, 0.05) is 51.4 Å². The Balaban J connectivity index is 0.00000196. The van der Waals surface area contributed by atoms with Gasteiger partial charge in [-0.2, -0.15) is 0 Å². The minimum atomic E-state index is 0. The summed E-state index contributed by atoms with van der Waals surface area (Å²) in [6, 6.07) is 7.71. The van der Waals surface area contributed by atoms with E-state index in [1.165, 1.54) is 6.42 Å². The standard InChI is InChI=1S/C20H30N4O2.2ClH/c21-18-7-3-2-6-17(18)8-9-19(25)24-14-12-22(13-15-24)16-20(26)23-10-4-1-5-11-23;;/h2-3,6-7H,1,4-5,8-16,21H2;2*1H. The number of nitrogen functional groups attached to an aromatic ring is 1. The summed E-state index contributed by atoms with van der Waals surface area (Å²) in [6.45, 7) is 5.26. The molecule has 0 aromatic heterocycles. The monoisotopic (exact) mass is 430 g/mol. The average Bonchev–Trinajstić information content (AvgIpc) is 2.68. The Labute approximate surface area is 180 Å². The number of benzene rings is 1. The van der Waals surface area contributed by atoms with Crippen molar-refractivity contribution in [2.75, 3.05) is 51.5 Å². The van der Waals surface area contributed by atoms with Crippen molar-refractivity contribution in [1.29, 1.82) is 0 Å². The number of halogens is 2. The number of rotatable bonds is 5. The first kappa shape index (κ1) is 24.5. The molecule has 0 spiro atoms. The Kier molecular flexibility index (Phi) is 10.6. The minimum absolute atomic E-state index is 0. The molecule has 2 N–H and O–H groups in total. The summed E-state index contributed by atoms with van der Waals surface area (Å²) in [5, 5.41) is 0. The molecule has 0 saturated carbocycles. The molecule has 6 nitrogen and oxygen atoms in total. The van der Waals surface area contributed by atoms with Crippen molar-refractivity contribution in [2.45, 2.75) is 32.1 Å². The molecule has 2 aliphatic heterocycles. The zero-order valence-corrected chi connectivity index (χ0v) is 18.0. The molecule has 2 aliphatic rings. The van der Waals surface area contributed by atoms with E-state index in [0.717, 1.165) is 50.3 Å². The average molecular weight is 431 g/mol. The lowest BCUT2D eigenvalue weighted by Crippen LogP contribution is -2.52. The first-order valence-corrected chi connectivity index (χ1v) is 9.75. The molecule has 0 unspecified atom stereocenters. The van der Waals surface area contributed by atoms with Crippen LogP contribution in [0.2, 0.25) is 0 Å². The van der Waals surface area contributed by atoms with Gasteiger partial charge in [-0.25, -0.2) is 0 Å². The maximum Gasteiger partial charge on any atom is 0.236 e. The number of aryl methyl sites for hydroxylation is 1. The number of piperidine rings is 1. The smallest absolute Gasteiger partial charge is 0.236 e. The highest BCUT2D eigenvalue weighted by molar-refractivity contribution is 5.85. The summed E-state index contributed by atoms with van der Waals surface area (Å²) in [4.78, 5) is 30.9. The summed E-state index contributed by atoms with van der Waals surface area (Å²) < 4.78 is 0. The van der Waals surface area contributed by atoms with Crippen LogP contribution >= 0.6 is 24.8 Å². The molecule has 2 fully saturated rings. The van der Waals surface area contributed by atoms with Crippen LogP contribution in [-0.2, 0) is 16.0 Å². The van der Waals surface area contributed by atoms with E-state index in [1.807, 2.05) is 34.1 Å². The van der Waals surface area contributed by atoms with Crippen molar-refractivity contribution in [3.05, 3.63) is 29.8 Å². The molecular formula is C20H32Cl2N4O2. The lowest BCUT2D eigenvalue weighted by atomic mass is 10.1. The van der Waals surface area contributed by atoms with Crippen LogP contribution in [0, 0.1) is 0 Å². The minimum Gasteiger partial charge on any atom is -0.399 e. The van der Waals surface area contributed by atoms with Crippen LogP contribution in [0.1, 0.15) is 31.2 Å². The zero-order valence-electron chi connectivity index (χ0n) is 16.3. The van der Waals surface area contributed by atoms with Gasteiger partial charge in [0.1, 0.15) is 0 Å². The molecule has 0 aliphatic carbocycles. The van der Waals surface area contributed by atoms with Crippen LogP contribution in [0.3, 0.4) is 0 Å². The first-order valence-electron chi connectivity index (χ1n) is 9.75. The quantitative estimate of drug-likeness (QED) is 0.726. The van der Waals surface area contributed by atoms with Crippen molar-refractivity contribution in [1.82, 2.24) is 14.7 Å². The van der Waals surface area contributed by atoms with Gasteiger partial charge in [0.2, 0.25) is 11.8 Å². The summed E-state index contributed by atoms with van der Waals surface area (Å²) in [6.07, 6.45) is 4.65. The SMILES string of the molecule is Cl.Cl.Nc1ccccc1CCC(=O)N1CCN(CC(=O)N2CCCCC2)CC1. The molecule has 2 heterocycles. The van der Waals surface area contributed by atoms with E-state index in [-0.39, 0.29) is 36.6 Å². The third kappa shape index (κ3) is 6.83. The van der Waals surface area contributed by atoms with Crippen LogP contribution in [-0.4, -0.2) is 72.3 Å². The Morgan fingerprint density at radius 1 is 0.821 bits per heavy atom. The number of piperazine rings is 1. The highest BCUT2D eigenvalue weighted by atomic mass is 35.5. The van der Waals surface area contributed by atoms with Gasteiger partial charge in [-0.15, -0.1) is 24.8 Å². The third-order valence-electron chi connectivity index (χ3n) is 5.46. The summed E-state index contributed by atoms with van der Waals surface area (Å²) in [5.41, 5.74) is 7.73. The fraction of sp³-hybridized carbons (Fsp3) is 0.600. The first-order chi connectivity index (χ1) is 12.6. The largest absolute Gasteiger partial charge is 0.399 e. The molecule has 1 aromatic carbocycles. The van der Waals surface area contributed by atoms with Crippen molar-refractivity contribution in [3.63, 3.8) is 0 Å². The topological polar surface area (TPSA) is 69.9 Å². The number of para-hydroxylation sites is 1. The molecule has 8 heteroatoms. The second-order valence-corrected chi connectivity index (χ2v) is 7.30. The molecule has 1 aromatic rings. The van der Waals surface area contributed by atoms with Gasteiger partial charge in [0.25, 0.3) is 0 Å². The van der Waals surface area contributed by atoms with E-state index in [1.54, 1.807) is 0 Å². The number of nitrogens with zero attached hydrogens (tertiary/aromatic N) is 3. The Hall–Kier alpha value is -1.50. The normalized spacial score (nSPS) is 17.4. The van der Waals surface area contributed by atoms with E-state index in [4.69, 9.17) is 5.73 Å². The lowest BCUT2D eigenvalue weighted by Gasteiger charge is -2.36. The lowest BCUT2D eigenvalue weighted by molar-refractivity contribution is -0.135. The number of amides is 2. The van der Waals surface area contributed by atoms with Crippen LogP contribution in [0.25, 0.3) is 0 Å². The number of hydrogen-bond acceptors (Lipinski definition) is 4. The molecule has 0 radical (unpaired) electrons. The van der Waals surface area contributed by atoms with E-state index in [0.29, 0.717) is 32.5 Å². The second-order valence-electron chi connectivity index (χ2n) is 7.30. The Morgan fingerprint density at radius 3 is 2.07 bits per heavy atom. The van der Waals surface area contributed by atoms with Crippen molar-refractivity contribution < 1.29 is 9.59 Å². The molecule has 2 saturated heterocycles. The number of carbonyl (C=O) groups excluding carboxylic acids is 2. The Bertz CT molecular complexity index is 630. The molecule has 28 heavy (non-hydrogen) atoms. The fourth-order valence-corrected chi connectivity index (χ4v) is 3.75. The molecule has 3 rings (SSSR count). The van der Waals surface area contributed by atoms with E-state index >= 15 is 0 Å². The van der Waals surface area contributed by atoms with Gasteiger partial charge in [-0.3, -0.25) is 14.5 Å². The molecular weight excluding hydrogens is 399 g/mol. The number of carbonyl (C=O) groups is 2. The molecule has 2 amide bonds. The number of nitrogens with two attached hydrogens (primary N) is 1. The van der Waals surface area contributed by atoms with E-state index < -0.39 is 0 Å². The van der Waals surface area contributed by atoms with Gasteiger partial charge in [-0.05, 0) is 37.3 Å². The maximum absolute atomic E-state index is 12.5. The van der Waals surface area contributed by atoms with Gasteiger partial charge in [0.05, 0.1) is 6.54 Å². The van der Waals surface area contributed by atoms with Gasteiger partial charge in [-0.1, -0.05) is 18.2 Å². The Morgan fingerprint density at radius 2 is 1.43 bits per heavy atom. The zero-order chi connectivity index (χ0) is 18.4. The summed E-state index contributed by atoms with van der Waals surface area (Å²) >= 11 is 0. The predicted octanol–water partition coefficient (Wildman–Crippen LogP) is 2.20. The highest BCUT2D eigenvalue weighted by Crippen LogP contribution is 2.14. The van der Waals surface area contributed by atoms with Crippen LogP contribution in [0.4, 0.5) is 5.69 Å². The molecule has 0 atom stereocenters. The number of anilines is 1. The van der Waals surface area contributed by atoms with E-state index in [2.05, 4.69) is 4.90 Å². The summed E-state index contributed by atoms with van der Waals surface area (Å²) in [5.74, 6) is 0.416. The van der Waals surface area contributed by atoms with E-state index in [9.17, 15) is 9.59 Å². The second kappa shape index (κ2) is 12.1. The van der Waals surface area contributed by atoms with Crippen LogP contribution < -0.4 is 5.73 Å². The van der Waals surface area contributed by atoms with Crippen molar-refractivity contribution in [3.8, 4) is 0 Å². The van der Waals surface area contributed by atoms with Crippen molar-refractivity contribution in [2.24, 2.45) is 0 Å². The number of likely N-dealkylation sites (tertiary alicyclic amines) is 1. The van der Waals surface area contributed by atoms with Crippen LogP contribution in [0.15, 0.2) is 24.3 Å². The van der Waals surface area contributed by atoms with Gasteiger partial charge < -0.3 is 15.5 Å². The maximum atomic E-state index is 12.5. The number of hydrogen-bond donors (Lipinski definition) is 1. The van der Waals surface area contributed by atoms with Gasteiger partial charge >= 0.3 is 0 Å². The fourth-order valence-electron chi connectivity index (χ4n) is 3.75. The van der Waals surface area contributed by atoms with Crippen molar-refractivity contribution >= 4 is 42.3 Å².